The molecule has 0 saturated carbocycles. The van der Waals surface area contributed by atoms with Gasteiger partial charge in [-0.3, -0.25) is 4.79 Å². The van der Waals surface area contributed by atoms with Crippen LogP contribution in [0.25, 0.3) is 6.08 Å². The lowest BCUT2D eigenvalue weighted by Crippen LogP contribution is -2.13. The molecule has 0 radical (unpaired) electrons. The largest absolute Gasteiger partial charge is 0.366 e. The Morgan fingerprint density at radius 2 is 2.26 bits per heavy atom. The zero-order chi connectivity index (χ0) is 14.7. The van der Waals surface area contributed by atoms with Gasteiger partial charge in [-0.2, -0.15) is 0 Å². The molecule has 19 heavy (non-hydrogen) atoms. The molecular weight excluding hydrogens is 240 g/mol. The SMILES string of the molecule is C=Cc1ncc[nH]1.CC(=CCCCN(C)C)C(N)=O. The van der Waals surface area contributed by atoms with Crippen LogP contribution in [-0.4, -0.2) is 41.4 Å². The van der Waals surface area contributed by atoms with Crippen molar-refractivity contribution < 1.29 is 4.79 Å². The van der Waals surface area contributed by atoms with E-state index < -0.39 is 0 Å². The zero-order valence-corrected chi connectivity index (χ0v) is 12.0. The lowest BCUT2D eigenvalue weighted by molar-refractivity contribution is -0.114. The number of aromatic amines is 1. The molecule has 3 N–H and O–H groups in total. The summed E-state index contributed by atoms with van der Waals surface area (Å²) in [5.74, 6) is 0.500. The number of aromatic nitrogens is 2. The van der Waals surface area contributed by atoms with E-state index >= 15 is 0 Å². The van der Waals surface area contributed by atoms with Gasteiger partial charge in [-0.15, -0.1) is 0 Å². The fourth-order valence-corrected chi connectivity index (χ4v) is 1.22. The highest BCUT2D eigenvalue weighted by Gasteiger charge is 1.95. The number of amides is 1. The first-order chi connectivity index (χ1) is 8.97. The number of primary amides is 1. The van der Waals surface area contributed by atoms with E-state index in [0.717, 1.165) is 25.2 Å². The number of H-pyrrole nitrogens is 1. The van der Waals surface area contributed by atoms with E-state index in [9.17, 15) is 4.79 Å². The van der Waals surface area contributed by atoms with Crippen LogP contribution in [0, 0.1) is 0 Å². The number of rotatable bonds is 6. The van der Waals surface area contributed by atoms with Crippen LogP contribution in [0.4, 0.5) is 0 Å². The summed E-state index contributed by atoms with van der Waals surface area (Å²) in [7, 11) is 4.06. The summed E-state index contributed by atoms with van der Waals surface area (Å²) in [4.78, 5) is 19.4. The molecule has 0 aliphatic carbocycles. The summed E-state index contributed by atoms with van der Waals surface area (Å²) >= 11 is 0. The molecule has 0 aliphatic rings. The Balaban J connectivity index is 0.000000388. The summed E-state index contributed by atoms with van der Waals surface area (Å²) in [5, 5.41) is 0. The van der Waals surface area contributed by atoms with Crippen LogP contribution in [0.1, 0.15) is 25.6 Å². The van der Waals surface area contributed by atoms with Gasteiger partial charge in [0.1, 0.15) is 5.82 Å². The summed E-state index contributed by atoms with van der Waals surface area (Å²) in [5.41, 5.74) is 5.72. The van der Waals surface area contributed by atoms with Gasteiger partial charge in [0.15, 0.2) is 0 Å². The van der Waals surface area contributed by atoms with Crippen molar-refractivity contribution >= 4 is 12.0 Å². The van der Waals surface area contributed by atoms with Gasteiger partial charge in [0.2, 0.25) is 5.91 Å². The molecule has 106 valence electrons. The molecule has 1 rings (SSSR count). The topological polar surface area (TPSA) is 75.0 Å². The monoisotopic (exact) mass is 264 g/mol. The second kappa shape index (κ2) is 10.1. The molecule has 0 bridgehead atoms. The minimum absolute atomic E-state index is 0.320. The third-order valence-corrected chi connectivity index (χ3v) is 2.36. The first kappa shape index (κ1) is 17.1. The molecule has 0 fully saturated rings. The number of nitrogens with zero attached hydrogens (tertiary/aromatic N) is 2. The summed E-state index contributed by atoms with van der Waals surface area (Å²) in [6.07, 6.45) is 9.00. The highest BCUT2D eigenvalue weighted by Crippen LogP contribution is 1.98. The molecular formula is C14H24N4O. The van der Waals surface area contributed by atoms with Crippen LogP contribution < -0.4 is 5.73 Å². The second-order valence-electron chi connectivity index (χ2n) is 4.38. The number of hydrogen-bond acceptors (Lipinski definition) is 3. The normalized spacial score (nSPS) is 10.8. The molecule has 1 amide bonds. The Morgan fingerprint density at radius 1 is 1.58 bits per heavy atom. The fraction of sp³-hybridized carbons (Fsp3) is 0.429. The number of nitrogens with two attached hydrogens (primary N) is 1. The zero-order valence-electron chi connectivity index (χ0n) is 12.0. The van der Waals surface area contributed by atoms with E-state index in [4.69, 9.17) is 5.73 Å². The second-order valence-corrected chi connectivity index (χ2v) is 4.38. The van der Waals surface area contributed by atoms with E-state index in [1.54, 1.807) is 25.4 Å². The third-order valence-electron chi connectivity index (χ3n) is 2.36. The van der Waals surface area contributed by atoms with Crippen LogP contribution in [-0.2, 0) is 4.79 Å². The molecule has 1 aromatic heterocycles. The Bertz CT molecular complexity index is 394. The minimum Gasteiger partial charge on any atom is -0.366 e. The van der Waals surface area contributed by atoms with Crippen molar-refractivity contribution in [3.8, 4) is 0 Å². The van der Waals surface area contributed by atoms with Crippen LogP contribution >= 0.6 is 0 Å². The van der Waals surface area contributed by atoms with Gasteiger partial charge in [0.05, 0.1) is 0 Å². The van der Waals surface area contributed by atoms with Crippen molar-refractivity contribution in [2.75, 3.05) is 20.6 Å². The molecule has 0 spiro atoms. The minimum atomic E-state index is -0.320. The van der Waals surface area contributed by atoms with E-state index in [-0.39, 0.29) is 5.91 Å². The Kier molecular flexibility index (Phi) is 9.08. The first-order valence-electron chi connectivity index (χ1n) is 6.20. The summed E-state index contributed by atoms with van der Waals surface area (Å²) in [6.45, 7) is 6.30. The van der Waals surface area contributed by atoms with Gasteiger partial charge in [0, 0.05) is 18.0 Å². The predicted molar refractivity (Wildman–Crippen MR) is 79.4 cm³/mol. The van der Waals surface area contributed by atoms with Crippen molar-refractivity contribution in [1.29, 1.82) is 0 Å². The van der Waals surface area contributed by atoms with Gasteiger partial charge >= 0.3 is 0 Å². The number of carbonyl (C=O) groups excluding carboxylic acids is 1. The maximum absolute atomic E-state index is 10.6. The maximum atomic E-state index is 10.6. The van der Waals surface area contributed by atoms with Gasteiger partial charge in [-0.25, -0.2) is 4.98 Å². The van der Waals surface area contributed by atoms with Gasteiger partial charge in [-0.1, -0.05) is 12.7 Å². The summed E-state index contributed by atoms with van der Waals surface area (Å²) in [6, 6.07) is 0. The Hall–Kier alpha value is -1.88. The molecule has 5 heteroatoms. The van der Waals surface area contributed by atoms with Crippen molar-refractivity contribution in [1.82, 2.24) is 14.9 Å². The van der Waals surface area contributed by atoms with Crippen molar-refractivity contribution in [3.63, 3.8) is 0 Å². The predicted octanol–water partition coefficient (Wildman–Crippen LogP) is 1.81. The van der Waals surface area contributed by atoms with Gasteiger partial charge in [0.25, 0.3) is 0 Å². The Morgan fingerprint density at radius 3 is 2.63 bits per heavy atom. The summed E-state index contributed by atoms with van der Waals surface area (Å²) < 4.78 is 0. The fourth-order valence-electron chi connectivity index (χ4n) is 1.22. The number of allylic oxidation sites excluding steroid dienone is 1. The quantitative estimate of drug-likeness (QED) is 0.608. The molecule has 1 aromatic rings. The smallest absolute Gasteiger partial charge is 0.244 e. The lowest BCUT2D eigenvalue weighted by Gasteiger charge is -2.06. The van der Waals surface area contributed by atoms with Gasteiger partial charge < -0.3 is 15.6 Å². The number of hydrogen-bond donors (Lipinski definition) is 2. The average molecular weight is 264 g/mol. The molecule has 0 unspecified atom stereocenters. The highest BCUT2D eigenvalue weighted by atomic mass is 16.1. The number of unbranched alkanes of at least 4 members (excludes halogenated alkanes) is 1. The van der Waals surface area contributed by atoms with Crippen LogP contribution in [0.5, 0.6) is 0 Å². The lowest BCUT2D eigenvalue weighted by atomic mass is 10.2. The van der Waals surface area contributed by atoms with E-state index in [2.05, 4.69) is 21.4 Å². The van der Waals surface area contributed by atoms with Crippen LogP contribution in [0.3, 0.4) is 0 Å². The Labute approximate surface area is 115 Å². The molecule has 0 aliphatic heterocycles. The number of imidazole rings is 1. The van der Waals surface area contributed by atoms with Crippen molar-refractivity contribution in [2.45, 2.75) is 19.8 Å². The van der Waals surface area contributed by atoms with Gasteiger partial charge in [-0.05, 0) is 46.5 Å². The van der Waals surface area contributed by atoms with Crippen LogP contribution in [0.2, 0.25) is 0 Å². The first-order valence-corrected chi connectivity index (χ1v) is 6.20. The van der Waals surface area contributed by atoms with E-state index in [1.165, 1.54) is 0 Å². The van der Waals surface area contributed by atoms with Crippen molar-refractivity contribution in [3.05, 3.63) is 36.4 Å². The highest BCUT2D eigenvalue weighted by molar-refractivity contribution is 5.91. The average Bonchev–Trinajstić information content (AvgIpc) is 2.87. The van der Waals surface area contributed by atoms with Crippen LogP contribution in [0.15, 0.2) is 30.6 Å². The molecule has 0 saturated heterocycles. The van der Waals surface area contributed by atoms with E-state index in [1.807, 2.05) is 20.2 Å². The standard InChI is InChI=1S/C9H18N2O.C5H6N2/c1-8(9(10)12)6-4-5-7-11(2)3;1-2-5-6-3-4-7-5/h6H,4-5,7H2,1-3H3,(H2,10,12);2-4H,1H2,(H,6,7). The third kappa shape index (κ3) is 9.79. The number of nitrogens with one attached hydrogen (secondary N) is 1. The maximum Gasteiger partial charge on any atom is 0.244 e. The molecule has 5 nitrogen and oxygen atoms in total. The molecule has 0 aromatic carbocycles. The molecule has 0 atom stereocenters. The number of carbonyl (C=O) groups is 1. The van der Waals surface area contributed by atoms with E-state index in [0.29, 0.717) is 5.57 Å². The van der Waals surface area contributed by atoms with Crippen molar-refractivity contribution in [2.24, 2.45) is 5.73 Å². The molecule has 1 heterocycles.